The minimum absolute atomic E-state index is 0.242. The van der Waals surface area contributed by atoms with Gasteiger partial charge < -0.3 is 4.43 Å². The number of unbranched alkanes of at least 4 members (excludes halogenated alkanes) is 3. The first-order valence-electron chi connectivity index (χ1n) is 11.3. The van der Waals surface area contributed by atoms with Crippen LogP contribution in [0.3, 0.4) is 0 Å². The van der Waals surface area contributed by atoms with Crippen LogP contribution in [0.4, 0.5) is 0 Å². The van der Waals surface area contributed by atoms with Crippen LogP contribution < -0.4 is 0 Å². The number of hydrogen-bond donors (Lipinski definition) is 0. The van der Waals surface area contributed by atoms with E-state index in [0.29, 0.717) is 5.92 Å². The first-order valence-corrected chi connectivity index (χ1v) is 17.7. The molecule has 0 aromatic rings. The highest BCUT2D eigenvalue weighted by molar-refractivity contribution is 6.81. The van der Waals surface area contributed by atoms with E-state index in [1.165, 1.54) is 37.7 Å². The summed E-state index contributed by atoms with van der Waals surface area (Å²) < 4.78 is 6.77. The standard InChI is InChI=1S/C24H50OSi2/c1-12-13-14-15-16-22(20-26(7,8)9)17-18-23(19-21(2)3)25-27(10,11)24(4,5)6/h17-18,20-21,23H,12-16,19H2,1-11H3/b18-17+,22-20+. The molecule has 0 heterocycles. The lowest BCUT2D eigenvalue weighted by Gasteiger charge is -2.39. The minimum Gasteiger partial charge on any atom is -0.411 e. The first-order chi connectivity index (χ1) is 12.2. The molecule has 0 fully saturated rings. The van der Waals surface area contributed by atoms with Crippen molar-refractivity contribution in [3.05, 3.63) is 23.4 Å². The third-order valence-electron chi connectivity index (χ3n) is 5.42. The lowest BCUT2D eigenvalue weighted by Crippen LogP contribution is -2.43. The Morgan fingerprint density at radius 1 is 0.963 bits per heavy atom. The van der Waals surface area contributed by atoms with Crippen LogP contribution in [0.5, 0.6) is 0 Å². The van der Waals surface area contributed by atoms with E-state index in [4.69, 9.17) is 4.43 Å². The second-order valence-electron chi connectivity index (χ2n) is 11.3. The van der Waals surface area contributed by atoms with Gasteiger partial charge in [-0.2, -0.15) is 0 Å². The summed E-state index contributed by atoms with van der Waals surface area (Å²) in [6.07, 6.45) is 12.7. The van der Waals surface area contributed by atoms with Crippen molar-refractivity contribution in [2.75, 3.05) is 0 Å². The zero-order valence-electron chi connectivity index (χ0n) is 20.5. The summed E-state index contributed by atoms with van der Waals surface area (Å²) in [6, 6.07) is 0. The lowest BCUT2D eigenvalue weighted by molar-refractivity contribution is 0.198. The van der Waals surface area contributed by atoms with Gasteiger partial charge in [0.25, 0.3) is 0 Å². The fourth-order valence-corrected chi connectivity index (χ4v) is 5.57. The van der Waals surface area contributed by atoms with Crippen LogP contribution in [-0.4, -0.2) is 22.5 Å². The van der Waals surface area contributed by atoms with Crippen molar-refractivity contribution in [1.29, 1.82) is 0 Å². The zero-order chi connectivity index (χ0) is 21.3. The lowest BCUT2D eigenvalue weighted by atomic mass is 10.0. The molecular formula is C24H50OSi2. The average Bonchev–Trinajstić information content (AvgIpc) is 2.45. The van der Waals surface area contributed by atoms with Crippen molar-refractivity contribution in [3.63, 3.8) is 0 Å². The first kappa shape index (κ1) is 26.9. The molecule has 0 radical (unpaired) electrons. The molecule has 3 heteroatoms. The Morgan fingerprint density at radius 3 is 2.00 bits per heavy atom. The van der Waals surface area contributed by atoms with Gasteiger partial charge >= 0.3 is 0 Å². The maximum atomic E-state index is 6.77. The van der Waals surface area contributed by atoms with Crippen LogP contribution in [0.1, 0.15) is 80.1 Å². The fourth-order valence-electron chi connectivity index (χ4n) is 2.93. The second kappa shape index (κ2) is 11.8. The van der Waals surface area contributed by atoms with Crippen LogP contribution in [0.15, 0.2) is 23.4 Å². The van der Waals surface area contributed by atoms with Crippen molar-refractivity contribution >= 4 is 16.4 Å². The number of allylic oxidation sites excluding steroid dienone is 2. The van der Waals surface area contributed by atoms with Gasteiger partial charge in [-0.05, 0) is 43.3 Å². The van der Waals surface area contributed by atoms with E-state index < -0.39 is 16.4 Å². The molecular weight excluding hydrogens is 360 g/mol. The predicted molar refractivity (Wildman–Crippen MR) is 131 cm³/mol. The topological polar surface area (TPSA) is 9.23 Å². The Labute approximate surface area is 174 Å². The van der Waals surface area contributed by atoms with Gasteiger partial charge in [0.1, 0.15) is 0 Å². The van der Waals surface area contributed by atoms with Crippen LogP contribution in [0.2, 0.25) is 37.8 Å². The molecule has 27 heavy (non-hydrogen) atoms. The van der Waals surface area contributed by atoms with Gasteiger partial charge in [-0.3, -0.25) is 0 Å². The molecule has 0 aliphatic rings. The highest BCUT2D eigenvalue weighted by Crippen LogP contribution is 2.38. The van der Waals surface area contributed by atoms with Gasteiger partial charge in [0, 0.05) is 0 Å². The summed E-state index contributed by atoms with van der Waals surface area (Å²) in [5.74, 6) is 0.651. The van der Waals surface area contributed by atoms with E-state index in [1.807, 2.05) is 0 Å². The highest BCUT2D eigenvalue weighted by atomic mass is 28.4. The summed E-state index contributed by atoms with van der Waals surface area (Å²) in [7, 11) is -2.97. The molecule has 0 aliphatic heterocycles. The maximum absolute atomic E-state index is 6.77. The van der Waals surface area contributed by atoms with E-state index in [0.717, 1.165) is 6.42 Å². The fraction of sp³-hybridized carbons (Fsp3) is 0.833. The predicted octanol–water partition coefficient (Wildman–Crippen LogP) is 8.75. The van der Waals surface area contributed by atoms with Gasteiger partial charge in [-0.1, -0.05) is 104 Å². The Morgan fingerprint density at radius 2 is 1.56 bits per heavy atom. The number of rotatable bonds is 12. The maximum Gasteiger partial charge on any atom is 0.192 e. The van der Waals surface area contributed by atoms with E-state index >= 15 is 0 Å². The van der Waals surface area contributed by atoms with Crippen LogP contribution in [0.25, 0.3) is 0 Å². The van der Waals surface area contributed by atoms with Crippen molar-refractivity contribution < 1.29 is 4.43 Å². The molecule has 1 unspecified atom stereocenters. The Kier molecular flexibility index (Phi) is 11.7. The molecule has 0 saturated carbocycles. The number of hydrogen-bond acceptors (Lipinski definition) is 1. The van der Waals surface area contributed by atoms with Gasteiger partial charge in [0.05, 0.1) is 14.2 Å². The van der Waals surface area contributed by atoms with Crippen LogP contribution >= 0.6 is 0 Å². The zero-order valence-corrected chi connectivity index (χ0v) is 22.5. The molecule has 0 amide bonds. The largest absolute Gasteiger partial charge is 0.411 e. The second-order valence-corrected chi connectivity index (χ2v) is 21.1. The van der Waals surface area contributed by atoms with Gasteiger partial charge in [-0.15, -0.1) is 0 Å². The van der Waals surface area contributed by atoms with Crippen LogP contribution in [-0.2, 0) is 4.43 Å². The minimum atomic E-state index is -1.75. The van der Waals surface area contributed by atoms with E-state index in [1.54, 1.807) is 0 Å². The smallest absolute Gasteiger partial charge is 0.192 e. The normalized spacial score (nSPS) is 15.8. The quantitative estimate of drug-likeness (QED) is 0.177. The summed E-state index contributed by atoms with van der Waals surface area (Å²) in [5.41, 5.74) is 4.13. The van der Waals surface area contributed by atoms with Gasteiger partial charge in [0.2, 0.25) is 0 Å². The molecule has 0 spiro atoms. The highest BCUT2D eigenvalue weighted by Gasteiger charge is 2.38. The van der Waals surface area contributed by atoms with E-state index in [-0.39, 0.29) is 11.1 Å². The Hall–Kier alpha value is -0.126. The molecule has 0 aliphatic carbocycles. The van der Waals surface area contributed by atoms with Crippen molar-refractivity contribution in [1.82, 2.24) is 0 Å². The third kappa shape index (κ3) is 12.9. The van der Waals surface area contributed by atoms with E-state index in [2.05, 4.69) is 92.1 Å². The van der Waals surface area contributed by atoms with Crippen LogP contribution in [0, 0.1) is 5.92 Å². The van der Waals surface area contributed by atoms with Gasteiger partial charge in [-0.25, -0.2) is 0 Å². The summed E-state index contributed by atoms with van der Waals surface area (Å²) in [6.45, 7) is 25.9. The molecule has 0 N–H and O–H groups in total. The SMILES string of the molecule is CCCCCCC(/C=C/C(CC(C)C)O[Si](C)(C)C(C)(C)C)=C\[Si](C)(C)C. The molecule has 0 bridgehead atoms. The molecule has 0 rings (SSSR count). The van der Waals surface area contributed by atoms with Crippen molar-refractivity contribution in [2.24, 2.45) is 5.92 Å². The van der Waals surface area contributed by atoms with Gasteiger partial charge in [0.15, 0.2) is 8.32 Å². The summed E-state index contributed by atoms with van der Waals surface area (Å²) >= 11 is 0. The van der Waals surface area contributed by atoms with Crippen molar-refractivity contribution in [3.8, 4) is 0 Å². The Balaban J connectivity index is 5.34. The third-order valence-corrected chi connectivity index (χ3v) is 11.2. The average molecular weight is 411 g/mol. The van der Waals surface area contributed by atoms with Crippen molar-refractivity contribution in [2.45, 2.75) is 124 Å². The summed E-state index contributed by atoms with van der Waals surface area (Å²) in [5, 5.41) is 0.257. The molecule has 1 atom stereocenters. The molecule has 0 saturated heterocycles. The van der Waals surface area contributed by atoms with E-state index in [9.17, 15) is 0 Å². The molecule has 0 aromatic carbocycles. The molecule has 1 nitrogen and oxygen atoms in total. The summed E-state index contributed by atoms with van der Waals surface area (Å²) in [4.78, 5) is 0. The molecule has 0 aromatic heterocycles. The Bertz CT molecular complexity index is 462. The molecule has 160 valence electrons. The monoisotopic (exact) mass is 410 g/mol.